The van der Waals surface area contributed by atoms with Crippen LogP contribution in [-0.2, 0) is 6.54 Å². The van der Waals surface area contributed by atoms with Crippen molar-refractivity contribution in [3.05, 3.63) is 11.6 Å². The van der Waals surface area contributed by atoms with Crippen molar-refractivity contribution in [3.8, 4) is 0 Å². The third-order valence-electron chi connectivity index (χ3n) is 3.86. The largest absolute Gasteiger partial charge is 0.330 e. The lowest BCUT2D eigenvalue weighted by Crippen LogP contribution is -2.25. The summed E-state index contributed by atoms with van der Waals surface area (Å²) < 4.78 is 2.34. The fourth-order valence-corrected chi connectivity index (χ4v) is 2.68. The minimum atomic E-state index is 0.445. The fourth-order valence-electron chi connectivity index (χ4n) is 2.68. The second kappa shape index (κ2) is 3.59. The van der Waals surface area contributed by atoms with Crippen molar-refractivity contribution in [2.45, 2.75) is 50.5 Å². The lowest BCUT2D eigenvalue weighted by atomic mass is 9.84. The minimum Gasteiger partial charge on any atom is -0.330 e. The van der Waals surface area contributed by atoms with Gasteiger partial charge in [0.2, 0.25) is 0 Å². The Morgan fingerprint density at radius 2 is 1.93 bits per heavy atom. The van der Waals surface area contributed by atoms with Crippen molar-refractivity contribution in [2.24, 2.45) is 5.73 Å². The van der Waals surface area contributed by atoms with E-state index in [0.717, 1.165) is 12.4 Å². The Morgan fingerprint density at radius 1 is 1.13 bits per heavy atom. The molecule has 1 aliphatic heterocycles. The van der Waals surface area contributed by atoms with E-state index in [2.05, 4.69) is 14.8 Å². The van der Waals surface area contributed by atoms with Crippen molar-refractivity contribution < 1.29 is 0 Å². The summed E-state index contributed by atoms with van der Waals surface area (Å²) in [5.74, 6) is 3.50. The molecule has 0 saturated heterocycles. The van der Waals surface area contributed by atoms with E-state index in [1.807, 2.05) is 0 Å². The Kier molecular flexibility index (Phi) is 2.24. The Labute approximate surface area is 89.9 Å². The van der Waals surface area contributed by atoms with E-state index in [0.29, 0.717) is 18.4 Å². The van der Waals surface area contributed by atoms with Gasteiger partial charge in [-0.1, -0.05) is 6.42 Å². The Morgan fingerprint density at radius 3 is 2.60 bits per heavy atom. The predicted molar refractivity (Wildman–Crippen MR) is 57.6 cm³/mol. The molecule has 15 heavy (non-hydrogen) atoms. The Bertz CT molecular complexity index is 340. The molecule has 0 amide bonds. The molecule has 0 bridgehead atoms. The van der Waals surface area contributed by atoms with E-state index >= 15 is 0 Å². The van der Waals surface area contributed by atoms with E-state index in [-0.39, 0.29) is 0 Å². The average Bonchev–Trinajstić information content (AvgIpc) is 2.59. The standard InChI is InChI=1S/C11H18N4/c12-7-9-5-2-6-15-10(8-3-1-4-8)13-14-11(9)15/h8-9H,1-7,12H2. The van der Waals surface area contributed by atoms with E-state index in [1.165, 1.54) is 37.9 Å². The minimum absolute atomic E-state index is 0.445. The monoisotopic (exact) mass is 206 g/mol. The molecule has 0 spiro atoms. The number of hydrogen-bond donors (Lipinski definition) is 1. The van der Waals surface area contributed by atoms with Gasteiger partial charge in [0, 0.05) is 24.9 Å². The molecule has 1 unspecified atom stereocenters. The lowest BCUT2D eigenvalue weighted by Gasteiger charge is -2.28. The van der Waals surface area contributed by atoms with Gasteiger partial charge in [-0.05, 0) is 25.7 Å². The van der Waals surface area contributed by atoms with Gasteiger partial charge in [-0.2, -0.15) is 0 Å². The molecule has 1 aromatic heterocycles. The highest BCUT2D eigenvalue weighted by atomic mass is 15.3. The zero-order valence-corrected chi connectivity index (χ0v) is 9.02. The van der Waals surface area contributed by atoms with Gasteiger partial charge in [-0.15, -0.1) is 10.2 Å². The van der Waals surface area contributed by atoms with Gasteiger partial charge in [0.15, 0.2) is 0 Å². The van der Waals surface area contributed by atoms with Crippen LogP contribution in [0.5, 0.6) is 0 Å². The van der Waals surface area contributed by atoms with Crippen molar-refractivity contribution in [3.63, 3.8) is 0 Å². The summed E-state index contributed by atoms with van der Waals surface area (Å²) in [4.78, 5) is 0. The number of hydrogen-bond acceptors (Lipinski definition) is 3. The maximum absolute atomic E-state index is 5.77. The predicted octanol–water partition coefficient (Wildman–Crippen LogP) is 1.38. The van der Waals surface area contributed by atoms with Crippen LogP contribution < -0.4 is 5.73 Å². The molecule has 1 saturated carbocycles. The quantitative estimate of drug-likeness (QED) is 0.795. The normalized spacial score (nSPS) is 26.1. The number of fused-ring (bicyclic) bond motifs is 1. The maximum Gasteiger partial charge on any atom is 0.137 e. The first-order chi connectivity index (χ1) is 7.40. The van der Waals surface area contributed by atoms with Gasteiger partial charge in [0.1, 0.15) is 11.6 Å². The molecule has 0 radical (unpaired) electrons. The third-order valence-corrected chi connectivity index (χ3v) is 3.86. The molecule has 82 valence electrons. The second-order valence-corrected chi connectivity index (χ2v) is 4.77. The fraction of sp³-hybridized carbons (Fsp3) is 0.818. The molecular weight excluding hydrogens is 188 g/mol. The molecule has 2 aliphatic rings. The SMILES string of the molecule is NCC1CCCn2c1nnc2C1CCC1. The molecule has 1 atom stereocenters. The van der Waals surface area contributed by atoms with Crippen LogP contribution in [0.15, 0.2) is 0 Å². The molecular formula is C11H18N4. The summed E-state index contributed by atoms with van der Waals surface area (Å²) in [7, 11) is 0. The van der Waals surface area contributed by atoms with Crippen molar-refractivity contribution in [2.75, 3.05) is 6.54 Å². The highest BCUT2D eigenvalue weighted by Crippen LogP contribution is 2.37. The Balaban J connectivity index is 1.94. The summed E-state index contributed by atoms with van der Waals surface area (Å²) in [6.07, 6.45) is 6.36. The van der Waals surface area contributed by atoms with E-state index in [4.69, 9.17) is 5.73 Å². The molecule has 3 rings (SSSR count). The van der Waals surface area contributed by atoms with Crippen LogP contribution in [0.25, 0.3) is 0 Å². The van der Waals surface area contributed by atoms with Crippen LogP contribution >= 0.6 is 0 Å². The zero-order chi connectivity index (χ0) is 10.3. The highest BCUT2D eigenvalue weighted by Gasteiger charge is 2.30. The first-order valence-corrected chi connectivity index (χ1v) is 6.03. The van der Waals surface area contributed by atoms with E-state index < -0.39 is 0 Å². The summed E-state index contributed by atoms with van der Waals surface area (Å²) in [6, 6.07) is 0. The van der Waals surface area contributed by atoms with Crippen LogP contribution in [0.3, 0.4) is 0 Å². The highest BCUT2D eigenvalue weighted by molar-refractivity contribution is 5.10. The van der Waals surface area contributed by atoms with Gasteiger partial charge in [0.25, 0.3) is 0 Å². The first kappa shape index (κ1) is 9.33. The van der Waals surface area contributed by atoms with Crippen LogP contribution in [0.1, 0.15) is 55.6 Å². The summed E-state index contributed by atoms with van der Waals surface area (Å²) in [5, 5.41) is 8.72. The summed E-state index contributed by atoms with van der Waals surface area (Å²) in [5.41, 5.74) is 5.77. The average molecular weight is 206 g/mol. The molecule has 4 heteroatoms. The van der Waals surface area contributed by atoms with E-state index in [1.54, 1.807) is 0 Å². The first-order valence-electron chi connectivity index (χ1n) is 6.03. The molecule has 1 fully saturated rings. The van der Waals surface area contributed by atoms with Gasteiger partial charge in [-0.3, -0.25) is 0 Å². The molecule has 0 aromatic carbocycles. The molecule has 2 N–H and O–H groups in total. The van der Waals surface area contributed by atoms with E-state index in [9.17, 15) is 0 Å². The smallest absolute Gasteiger partial charge is 0.137 e. The Hall–Kier alpha value is -0.900. The van der Waals surface area contributed by atoms with Crippen molar-refractivity contribution >= 4 is 0 Å². The van der Waals surface area contributed by atoms with Gasteiger partial charge in [-0.25, -0.2) is 0 Å². The lowest BCUT2D eigenvalue weighted by molar-refractivity contribution is 0.367. The molecule has 4 nitrogen and oxygen atoms in total. The topological polar surface area (TPSA) is 56.7 Å². The maximum atomic E-state index is 5.77. The summed E-state index contributed by atoms with van der Waals surface area (Å²) in [6.45, 7) is 1.81. The molecule has 2 heterocycles. The number of nitrogens with zero attached hydrogens (tertiary/aromatic N) is 3. The van der Waals surface area contributed by atoms with Gasteiger partial charge >= 0.3 is 0 Å². The van der Waals surface area contributed by atoms with Crippen molar-refractivity contribution in [1.29, 1.82) is 0 Å². The van der Waals surface area contributed by atoms with Gasteiger partial charge < -0.3 is 10.3 Å². The molecule has 1 aliphatic carbocycles. The molecule has 1 aromatic rings. The zero-order valence-electron chi connectivity index (χ0n) is 9.02. The van der Waals surface area contributed by atoms with Crippen LogP contribution in [0.2, 0.25) is 0 Å². The van der Waals surface area contributed by atoms with Crippen molar-refractivity contribution in [1.82, 2.24) is 14.8 Å². The third kappa shape index (κ3) is 1.39. The number of aromatic nitrogens is 3. The number of rotatable bonds is 2. The summed E-state index contributed by atoms with van der Waals surface area (Å²) >= 11 is 0. The van der Waals surface area contributed by atoms with Gasteiger partial charge in [0.05, 0.1) is 0 Å². The van der Waals surface area contributed by atoms with Crippen LogP contribution in [-0.4, -0.2) is 21.3 Å². The van der Waals surface area contributed by atoms with Crippen LogP contribution in [0, 0.1) is 0 Å². The van der Waals surface area contributed by atoms with Crippen LogP contribution in [0.4, 0.5) is 0 Å². The number of nitrogens with two attached hydrogens (primary N) is 1. The second-order valence-electron chi connectivity index (χ2n) is 4.77.